The quantitative estimate of drug-likeness (QED) is 0.671. The van der Waals surface area contributed by atoms with Gasteiger partial charge in [-0.15, -0.1) is 0 Å². The first-order valence-corrected chi connectivity index (χ1v) is 3.53. The van der Waals surface area contributed by atoms with Crippen molar-refractivity contribution in [3.05, 3.63) is 23.5 Å². The van der Waals surface area contributed by atoms with Gasteiger partial charge in [0.25, 0.3) is 0 Å². The van der Waals surface area contributed by atoms with Crippen LogP contribution in [0.2, 0.25) is 0 Å². The molecule has 1 aliphatic heterocycles. The number of aromatic carboxylic acids is 1. The summed E-state index contributed by atoms with van der Waals surface area (Å²) in [4.78, 5) is 18.4. The Labute approximate surface area is 68.6 Å². The van der Waals surface area contributed by atoms with E-state index in [0.717, 1.165) is 11.4 Å². The average Bonchev–Trinajstić information content (AvgIpc) is 2.49. The Kier molecular flexibility index (Phi) is 1.40. The lowest BCUT2D eigenvalue weighted by Gasteiger charge is -1.97. The highest BCUT2D eigenvalue weighted by atomic mass is 16.4. The molecule has 0 unspecified atom stereocenters. The second-order valence-corrected chi connectivity index (χ2v) is 2.48. The van der Waals surface area contributed by atoms with Crippen molar-refractivity contribution >= 4 is 17.9 Å². The Morgan fingerprint density at radius 3 is 3.08 bits per heavy atom. The van der Waals surface area contributed by atoms with Crippen molar-refractivity contribution in [2.24, 2.45) is 4.99 Å². The Morgan fingerprint density at radius 1 is 1.50 bits per heavy atom. The molecule has 1 aliphatic rings. The molecule has 0 atom stereocenters. The van der Waals surface area contributed by atoms with Crippen molar-refractivity contribution < 1.29 is 9.90 Å². The Bertz CT molecular complexity index is 371. The van der Waals surface area contributed by atoms with Crippen LogP contribution in [0.1, 0.15) is 16.2 Å². The second kappa shape index (κ2) is 2.41. The maximum absolute atomic E-state index is 10.5. The smallest absolute Gasteiger partial charge is 0.354 e. The molecule has 0 amide bonds. The van der Waals surface area contributed by atoms with E-state index in [1.54, 1.807) is 12.3 Å². The zero-order valence-corrected chi connectivity index (χ0v) is 6.19. The molecule has 2 heterocycles. The maximum Gasteiger partial charge on any atom is 0.354 e. The Morgan fingerprint density at radius 2 is 2.33 bits per heavy atom. The lowest BCUT2D eigenvalue weighted by molar-refractivity contribution is 0.0690. The number of carbonyl (C=O) groups is 1. The zero-order chi connectivity index (χ0) is 8.55. The van der Waals surface area contributed by atoms with Crippen LogP contribution in [0.25, 0.3) is 0 Å². The molecule has 0 aliphatic carbocycles. The third kappa shape index (κ3) is 0.972. The van der Waals surface area contributed by atoms with E-state index < -0.39 is 5.97 Å². The Balaban J connectivity index is 2.49. The van der Waals surface area contributed by atoms with E-state index >= 15 is 0 Å². The summed E-state index contributed by atoms with van der Waals surface area (Å²) in [6.07, 6.45) is 2.36. The van der Waals surface area contributed by atoms with Gasteiger partial charge in [-0.05, 0) is 12.1 Å². The molecule has 0 spiro atoms. The number of carboxylic acids is 1. The van der Waals surface area contributed by atoms with Crippen LogP contribution >= 0.6 is 0 Å². The van der Waals surface area contributed by atoms with Gasteiger partial charge < -0.3 is 5.11 Å². The minimum atomic E-state index is -0.996. The maximum atomic E-state index is 10.5. The lowest BCUT2D eigenvalue weighted by Crippen LogP contribution is -2.01. The summed E-state index contributed by atoms with van der Waals surface area (Å²) in [5.41, 5.74) is 1.61. The van der Waals surface area contributed by atoms with Crippen molar-refractivity contribution in [2.75, 3.05) is 0 Å². The molecule has 0 bridgehead atoms. The number of hydrogen-bond acceptors (Lipinski definition) is 3. The zero-order valence-electron chi connectivity index (χ0n) is 6.19. The number of aliphatic imine (C=N–C) groups is 1. The van der Waals surface area contributed by atoms with E-state index in [1.165, 1.54) is 6.07 Å². The van der Waals surface area contributed by atoms with E-state index in [-0.39, 0.29) is 5.69 Å². The van der Waals surface area contributed by atoms with Crippen LogP contribution in [-0.4, -0.2) is 22.3 Å². The van der Waals surface area contributed by atoms with Gasteiger partial charge in [-0.1, -0.05) is 0 Å². The average molecular weight is 162 g/mol. The molecule has 1 N–H and O–H groups in total. The number of nitrogens with zero attached hydrogens (tertiary/aromatic N) is 2. The number of aromatic nitrogens is 1. The highest BCUT2D eigenvalue weighted by molar-refractivity contribution is 5.86. The fourth-order valence-corrected chi connectivity index (χ4v) is 1.11. The van der Waals surface area contributed by atoms with E-state index in [0.29, 0.717) is 6.42 Å². The normalized spacial score (nSPS) is 13.0. The largest absolute Gasteiger partial charge is 0.477 e. The van der Waals surface area contributed by atoms with E-state index in [1.807, 2.05) is 0 Å². The van der Waals surface area contributed by atoms with Crippen LogP contribution in [-0.2, 0) is 6.42 Å². The van der Waals surface area contributed by atoms with Gasteiger partial charge in [0.1, 0.15) is 5.69 Å². The molecule has 1 aromatic rings. The van der Waals surface area contributed by atoms with E-state index in [2.05, 4.69) is 9.98 Å². The third-order valence-corrected chi connectivity index (χ3v) is 1.68. The molecule has 0 radical (unpaired) electrons. The van der Waals surface area contributed by atoms with Crippen molar-refractivity contribution in [3.63, 3.8) is 0 Å². The van der Waals surface area contributed by atoms with E-state index in [4.69, 9.17) is 5.11 Å². The molecule has 0 fully saturated rings. The molecule has 60 valence electrons. The molecule has 1 aromatic heterocycles. The van der Waals surface area contributed by atoms with E-state index in [9.17, 15) is 4.79 Å². The van der Waals surface area contributed by atoms with Crippen molar-refractivity contribution in [2.45, 2.75) is 6.42 Å². The number of fused-ring (bicyclic) bond motifs is 1. The highest BCUT2D eigenvalue weighted by Crippen LogP contribution is 2.21. The van der Waals surface area contributed by atoms with Crippen LogP contribution in [0.5, 0.6) is 0 Å². The SMILES string of the molecule is O=C(O)c1ccc2c(n1)CC=N2. The molecular weight excluding hydrogens is 156 g/mol. The number of rotatable bonds is 1. The fraction of sp³-hybridized carbons (Fsp3) is 0.125. The van der Waals surface area contributed by atoms with Gasteiger partial charge in [0.2, 0.25) is 0 Å². The van der Waals surface area contributed by atoms with Gasteiger partial charge in [0.15, 0.2) is 0 Å². The number of carboxylic acid groups (broad SMARTS) is 1. The first kappa shape index (κ1) is 6.97. The highest BCUT2D eigenvalue weighted by Gasteiger charge is 2.11. The van der Waals surface area contributed by atoms with Crippen molar-refractivity contribution in [3.8, 4) is 0 Å². The molecule has 0 aromatic carbocycles. The molecule has 0 saturated heterocycles. The van der Waals surface area contributed by atoms with Crippen LogP contribution in [0.4, 0.5) is 5.69 Å². The molecule has 4 heteroatoms. The standard InChI is InChI=1S/C8H6N2O2/c11-8(12)7-2-1-5-6(10-7)3-4-9-5/h1-2,4H,3H2,(H,11,12). The lowest BCUT2D eigenvalue weighted by atomic mass is 10.2. The van der Waals surface area contributed by atoms with Crippen LogP contribution in [0.3, 0.4) is 0 Å². The van der Waals surface area contributed by atoms with Crippen LogP contribution < -0.4 is 0 Å². The first-order valence-electron chi connectivity index (χ1n) is 3.53. The van der Waals surface area contributed by atoms with Gasteiger partial charge in [0, 0.05) is 12.6 Å². The Hall–Kier alpha value is -1.71. The van der Waals surface area contributed by atoms with Gasteiger partial charge in [-0.3, -0.25) is 4.99 Å². The van der Waals surface area contributed by atoms with Gasteiger partial charge in [0.05, 0.1) is 11.4 Å². The summed E-state index contributed by atoms with van der Waals surface area (Å²) in [6.45, 7) is 0. The summed E-state index contributed by atoms with van der Waals surface area (Å²) in [5, 5.41) is 8.61. The van der Waals surface area contributed by atoms with Gasteiger partial charge in [-0.25, -0.2) is 9.78 Å². The van der Waals surface area contributed by atoms with Crippen LogP contribution in [0, 0.1) is 0 Å². The molecule has 2 rings (SSSR count). The second-order valence-electron chi connectivity index (χ2n) is 2.48. The monoisotopic (exact) mass is 162 g/mol. The molecule has 12 heavy (non-hydrogen) atoms. The first-order chi connectivity index (χ1) is 5.77. The predicted octanol–water partition coefficient (Wildman–Crippen LogP) is 1.04. The third-order valence-electron chi connectivity index (χ3n) is 1.68. The number of pyridine rings is 1. The minimum absolute atomic E-state index is 0.0826. The topological polar surface area (TPSA) is 62.5 Å². The minimum Gasteiger partial charge on any atom is -0.477 e. The summed E-state index contributed by atoms with van der Waals surface area (Å²) in [7, 11) is 0. The molecule has 0 saturated carbocycles. The fourth-order valence-electron chi connectivity index (χ4n) is 1.11. The summed E-state index contributed by atoms with van der Waals surface area (Å²) in [6, 6.07) is 3.14. The van der Waals surface area contributed by atoms with Crippen LogP contribution in [0.15, 0.2) is 17.1 Å². The van der Waals surface area contributed by atoms with Gasteiger partial charge >= 0.3 is 5.97 Å². The summed E-state index contributed by atoms with van der Waals surface area (Å²) >= 11 is 0. The van der Waals surface area contributed by atoms with Crippen molar-refractivity contribution in [1.29, 1.82) is 0 Å². The molecular formula is C8H6N2O2. The number of hydrogen-bond donors (Lipinski definition) is 1. The predicted molar refractivity (Wildman–Crippen MR) is 43.1 cm³/mol. The molecule has 4 nitrogen and oxygen atoms in total. The van der Waals surface area contributed by atoms with Gasteiger partial charge in [-0.2, -0.15) is 0 Å². The van der Waals surface area contributed by atoms with Crippen molar-refractivity contribution in [1.82, 2.24) is 4.98 Å². The summed E-state index contributed by atoms with van der Waals surface area (Å²) < 4.78 is 0. The summed E-state index contributed by atoms with van der Waals surface area (Å²) in [5.74, 6) is -0.996.